The summed E-state index contributed by atoms with van der Waals surface area (Å²) in [6, 6.07) is 11.6. The molecule has 0 bridgehead atoms. The molecule has 2 aromatic carbocycles. The molecule has 0 saturated carbocycles. The third kappa shape index (κ3) is 6.27. The zero-order valence-corrected chi connectivity index (χ0v) is 18.0. The normalized spacial score (nSPS) is 11.9. The number of carbonyl (C=O) groups excluding carboxylic acids is 1. The van der Waals surface area contributed by atoms with Crippen LogP contribution in [0.5, 0.6) is 0 Å². The van der Waals surface area contributed by atoms with Crippen molar-refractivity contribution in [1.29, 1.82) is 0 Å². The molecule has 0 atom stereocenters. The summed E-state index contributed by atoms with van der Waals surface area (Å²) in [5.74, 6) is -0.893. The number of para-hydroxylation sites is 1. The van der Waals surface area contributed by atoms with E-state index in [2.05, 4.69) is 42.6 Å². The van der Waals surface area contributed by atoms with E-state index in [4.69, 9.17) is 0 Å². The number of hydrogen-bond acceptors (Lipinski definition) is 4. The lowest BCUT2D eigenvalue weighted by Crippen LogP contribution is -2.42. The molecule has 8 heteroatoms. The van der Waals surface area contributed by atoms with Crippen molar-refractivity contribution < 1.29 is 17.6 Å². The molecule has 0 aliphatic rings. The van der Waals surface area contributed by atoms with Crippen molar-refractivity contribution in [3.63, 3.8) is 0 Å². The van der Waals surface area contributed by atoms with Gasteiger partial charge in [-0.15, -0.1) is 0 Å². The molecule has 2 rings (SSSR count). The highest BCUT2D eigenvalue weighted by Gasteiger charge is 2.19. The molecule has 158 valence electrons. The van der Waals surface area contributed by atoms with Crippen LogP contribution in [0.25, 0.3) is 0 Å². The number of anilines is 1. The van der Waals surface area contributed by atoms with Crippen LogP contribution in [0.3, 0.4) is 0 Å². The van der Waals surface area contributed by atoms with Crippen molar-refractivity contribution in [1.82, 2.24) is 10.2 Å². The molecule has 0 fully saturated rings. The van der Waals surface area contributed by atoms with Crippen LogP contribution in [0.15, 0.2) is 53.4 Å². The highest BCUT2D eigenvalue weighted by atomic mass is 32.2. The Morgan fingerprint density at radius 3 is 2.17 bits per heavy atom. The molecule has 0 aliphatic carbocycles. The molecule has 0 aliphatic heterocycles. The van der Waals surface area contributed by atoms with E-state index in [0.29, 0.717) is 25.2 Å². The van der Waals surface area contributed by atoms with E-state index in [1.807, 2.05) is 0 Å². The molecule has 2 N–H and O–H groups in total. The fourth-order valence-corrected chi connectivity index (χ4v) is 4.17. The summed E-state index contributed by atoms with van der Waals surface area (Å²) in [5.41, 5.74) is 0.387. The molecule has 6 nitrogen and oxygen atoms in total. The van der Waals surface area contributed by atoms with Crippen molar-refractivity contribution in [3.8, 4) is 0 Å². The first-order chi connectivity index (χ1) is 13.6. The number of nitrogens with one attached hydrogen (secondary N) is 2. The predicted octanol–water partition coefficient (Wildman–Crippen LogP) is 3.48. The van der Waals surface area contributed by atoms with E-state index >= 15 is 0 Å². The second kappa shape index (κ2) is 9.84. The minimum absolute atomic E-state index is 0.0846. The molecule has 0 unspecified atom stereocenters. The highest BCUT2D eigenvalue weighted by Crippen LogP contribution is 2.20. The summed E-state index contributed by atoms with van der Waals surface area (Å²) < 4.78 is 40.6. The first kappa shape index (κ1) is 22.8. The third-order valence-corrected chi connectivity index (χ3v) is 5.90. The lowest BCUT2D eigenvalue weighted by atomic mass is 10.1. The molecule has 0 radical (unpaired) electrons. The van der Waals surface area contributed by atoms with Crippen LogP contribution in [0.4, 0.5) is 10.1 Å². The molecule has 29 heavy (non-hydrogen) atoms. The number of sulfonamides is 1. The fraction of sp³-hybridized carbons (Fsp3) is 0.381. The van der Waals surface area contributed by atoms with Crippen LogP contribution in [0, 0.1) is 5.82 Å². The van der Waals surface area contributed by atoms with Crippen LogP contribution in [0.2, 0.25) is 0 Å². The molecule has 0 heterocycles. The maximum atomic E-state index is 13.1. The number of nitrogens with zero attached hydrogens (tertiary/aromatic N) is 1. The number of hydrogen-bond donors (Lipinski definition) is 2. The van der Waals surface area contributed by atoms with E-state index in [0.717, 1.165) is 12.1 Å². The van der Waals surface area contributed by atoms with Gasteiger partial charge in [-0.1, -0.05) is 12.1 Å². The highest BCUT2D eigenvalue weighted by molar-refractivity contribution is 7.92. The average Bonchev–Trinajstić information content (AvgIpc) is 2.65. The molecule has 0 saturated heterocycles. The lowest BCUT2D eigenvalue weighted by Gasteiger charge is -2.30. The molecular formula is C21H28FN3O3S. The van der Waals surface area contributed by atoms with Crippen LogP contribution < -0.4 is 10.0 Å². The van der Waals surface area contributed by atoms with Crippen molar-refractivity contribution in [2.24, 2.45) is 0 Å². The Hall–Kier alpha value is -2.45. The minimum Gasteiger partial charge on any atom is -0.351 e. The number of halogens is 1. The second-order valence-electron chi connectivity index (χ2n) is 7.29. The van der Waals surface area contributed by atoms with Gasteiger partial charge in [-0.25, -0.2) is 12.8 Å². The Morgan fingerprint density at radius 1 is 1.00 bits per heavy atom. The lowest BCUT2D eigenvalue weighted by molar-refractivity contribution is 0.0940. The number of amides is 1. The summed E-state index contributed by atoms with van der Waals surface area (Å²) in [6.07, 6.45) is 0. The molecular weight excluding hydrogens is 393 g/mol. The van der Waals surface area contributed by atoms with Gasteiger partial charge in [0.15, 0.2) is 0 Å². The smallest absolute Gasteiger partial charge is 0.261 e. The second-order valence-corrected chi connectivity index (χ2v) is 8.97. The van der Waals surface area contributed by atoms with Crippen LogP contribution >= 0.6 is 0 Å². The fourth-order valence-electron chi connectivity index (χ4n) is 3.09. The molecule has 2 aromatic rings. The van der Waals surface area contributed by atoms with Gasteiger partial charge in [0.2, 0.25) is 0 Å². The van der Waals surface area contributed by atoms with E-state index in [1.54, 1.807) is 18.2 Å². The Bertz CT molecular complexity index is 920. The summed E-state index contributed by atoms with van der Waals surface area (Å²) in [7, 11) is -3.95. The SMILES string of the molecule is CC(C)N(CCNC(=O)c1ccccc1NS(=O)(=O)c1ccc(F)cc1)C(C)C. The van der Waals surface area contributed by atoms with Gasteiger partial charge >= 0.3 is 0 Å². The maximum absolute atomic E-state index is 13.1. The molecule has 0 aromatic heterocycles. The number of benzene rings is 2. The summed E-state index contributed by atoms with van der Waals surface area (Å²) in [4.78, 5) is 14.8. The van der Waals surface area contributed by atoms with Gasteiger partial charge in [0, 0.05) is 25.2 Å². The van der Waals surface area contributed by atoms with Crippen LogP contribution in [-0.2, 0) is 10.0 Å². The number of rotatable bonds is 9. The Kier molecular flexibility index (Phi) is 7.75. The summed E-state index contributed by atoms with van der Waals surface area (Å²) >= 11 is 0. The van der Waals surface area contributed by atoms with Crippen molar-refractivity contribution in [2.45, 2.75) is 44.7 Å². The van der Waals surface area contributed by atoms with Crippen molar-refractivity contribution in [2.75, 3.05) is 17.8 Å². The molecule has 0 spiro atoms. The Labute approximate surface area is 172 Å². The van der Waals surface area contributed by atoms with Crippen LogP contribution in [0.1, 0.15) is 38.1 Å². The van der Waals surface area contributed by atoms with Crippen molar-refractivity contribution >= 4 is 21.6 Å². The zero-order chi connectivity index (χ0) is 21.6. The van der Waals surface area contributed by atoms with Crippen LogP contribution in [-0.4, -0.2) is 44.4 Å². The van der Waals surface area contributed by atoms with E-state index in [-0.39, 0.29) is 22.1 Å². The summed E-state index contributed by atoms with van der Waals surface area (Å²) in [6.45, 7) is 9.52. The van der Waals surface area contributed by atoms with E-state index < -0.39 is 15.8 Å². The van der Waals surface area contributed by atoms with Gasteiger partial charge in [-0.2, -0.15) is 0 Å². The van der Waals surface area contributed by atoms with Gasteiger partial charge in [-0.05, 0) is 64.1 Å². The Morgan fingerprint density at radius 2 is 1.59 bits per heavy atom. The minimum atomic E-state index is -3.95. The first-order valence-corrected chi connectivity index (χ1v) is 11.0. The van der Waals surface area contributed by atoms with Gasteiger partial charge in [0.1, 0.15) is 5.82 Å². The number of carbonyl (C=O) groups is 1. The third-order valence-electron chi connectivity index (χ3n) is 4.52. The zero-order valence-electron chi connectivity index (χ0n) is 17.1. The summed E-state index contributed by atoms with van der Waals surface area (Å²) in [5, 5.41) is 2.85. The molecule has 1 amide bonds. The van der Waals surface area contributed by atoms with Gasteiger partial charge in [-0.3, -0.25) is 14.4 Å². The monoisotopic (exact) mass is 421 g/mol. The van der Waals surface area contributed by atoms with Gasteiger partial charge in [0.25, 0.3) is 15.9 Å². The van der Waals surface area contributed by atoms with Gasteiger partial charge in [0.05, 0.1) is 16.1 Å². The maximum Gasteiger partial charge on any atom is 0.261 e. The Balaban J connectivity index is 2.11. The largest absolute Gasteiger partial charge is 0.351 e. The van der Waals surface area contributed by atoms with Gasteiger partial charge < -0.3 is 5.32 Å². The average molecular weight is 422 g/mol. The van der Waals surface area contributed by atoms with E-state index in [9.17, 15) is 17.6 Å². The van der Waals surface area contributed by atoms with E-state index in [1.165, 1.54) is 18.2 Å². The first-order valence-electron chi connectivity index (χ1n) is 9.53. The predicted molar refractivity (Wildman–Crippen MR) is 113 cm³/mol. The topological polar surface area (TPSA) is 78.5 Å². The quantitative estimate of drug-likeness (QED) is 0.650. The van der Waals surface area contributed by atoms with Crippen molar-refractivity contribution in [3.05, 3.63) is 59.9 Å². The standard InChI is InChI=1S/C21H28FN3O3S/c1-15(2)25(16(3)4)14-13-23-21(26)19-7-5-6-8-20(19)24-29(27,28)18-11-9-17(22)10-12-18/h5-12,15-16,24H,13-14H2,1-4H3,(H,23,26).